The predicted octanol–water partition coefficient (Wildman–Crippen LogP) is 5.01. The van der Waals surface area contributed by atoms with Crippen LogP contribution in [-0.2, 0) is 22.9 Å². The molecule has 2 heterocycles. The third-order valence-electron chi connectivity index (χ3n) is 6.89. The van der Waals surface area contributed by atoms with Crippen LogP contribution in [0.1, 0.15) is 54.4 Å². The maximum Gasteiger partial charge on any atom is 0.511 e. The highest BCUT2D eigenvalue weighted by atomic mass is 32.2. The van der Waals surface area contributed by atoms with Gasteiger partial charge in [-0.25, -0.2) is 32.7 Å². The Balaban J connectivity index is 1.52. The fourth-order valence-corrected chi connectivity index (χ4v) is 5.15. The van der Waals surface area contributed by atoms with Crippen molar-refractivity contribution in [1.29, 1.82) is 5.26 Å². The molecule has 2 aromatic heterocycles. The minimum atomic E-state index is -5.41. The van der Waals surface area contributed by atoms with Gasteiger partial charge in [0.1, 0.15) is 5.82 Å². The third kappa shape index (κ3) is 8.11. The van der Waals surface area contributed by atoms with Crippen molar-refractivity contribution in [3.63, 3.8) is 0 Å². The Hall–Kier alpha value is -4.61. The van der Waals surface area contributed by atoms with Crippen molar-refractivity contribution in [1.82, 2.24) is 24.2 Å². The molecule has 1 N–H and O–H groups in total. The van der Waals surface area contributed by atoms with E-state index in [-0.39, 0.29) is 30.3 Å². The van der Waals surface area contributed by atoms with E-state index in [0.29, 0.717) is 35.5 Å². The molecule has 0 atom stereocenters. The lowest BCUT2D eigenvalue weighted by molar-refractivity contribution is -0.0447. The van der Waals surface area contributed by atoms with Gasteiger partial charge < -0.3 is 4.74 Å². The standard InChI is InChI=1S/C31H31F3N6O4S/c1-3-4-10-28-27(17-22-11-13-23(14-12-22)26-9-6-5-8-24(26)18-35)29(41)40(21(2)39-28)30-36-19-25(20-37-30)44-16-7-15-38-45(42,43)31(32,33)34/h5-6,8-9,11-14,19-20,38H,3-4,7,10,15-17H2,1-2H3. The van der Waals surface area contributed by atoms with Crippen molar-refractivity contribution in [2.75, 3.05) is 13.2 Å². The molecule has 45 heavy (non-hydrogen) atoms. The molecule has 0 saturated heterocycles. The average Bonchev–Trinajstić information content (AvgIpc) is 3.01. The monoisotopic (exact) mass is 640 g/mol. The second-order valence-corrected chi connectivity index (χ2v) is 11.9. The molecule has 236 valence electrons. The van der Waals surface area contributed by atoms with Crippen LogP contribution in [0.15, 0.2) is 65.7 Å². The maximum absolute atomic E-state index is 13.9. The molecule has 0 bridgehead atoms. The fraction of sp³-hybridized carbons (Fsp3) is 0.323. The Morgan fingerprint density at radius 3 is 2.38 bits per heavy atom. The summed E-state index contributed by atoms with van der Waals surface area (Å²) in [6, 6.07) is 17.2. The second kappa shape index (κ2) is 14.4. The molecule has 10 nitrogen and oxygen atoms in total. The van der Waals surface area contributed by atoms with Gasteiger partial charge in [-0.3, -0.25) is 4.79 Å². The number of nitriles is 1. The van der Waals surface area contributed by atoms with Gasteiger partial charge in [-0.2, -0.15) is 18.4 Å². The number of nitrogens with zero attached hydrogens (tertiary/aromatic N) is 5. The Labute approximate surface area is 258 Å². The molecule has 4 aromatic rings. The van der Waals surface area contributed by atoms with E-state index < -0.39 is 22.1 Å². The SMILES string of the molecule is CCCCc1nc(C)n(-c2ncc(OCCCNS(=O)(=O)C(F)(F)F)cn2)c(=O)c1Cc1ccc(-c2ccccc2C#N)cc1. The Morgan fingerprint density at radius 1 is 1.04 bits per heavy atom. The van der Waals surface area contributed by atoms with E-state index in [2.05, 4.69) is 23.0 Å². The van der Waals surface area contributed by atoms with Crippen LogP contribution in [-0.4, -0.2) is 46.6 Å². The van der Waals surface area contributed by atoms with E-state index in [1.165, 1.54) is 21.7 Å². The van der Waals surface area contributed by atoms with Crippen LogP contribution in [0.4, 0.5) is 13.2 Å². The fourth-order valence-electron chi connectivity index (χ4n) is 4.57. The van der Waals surface area contributed by atoms with Gasteiger partial charge in [0, 0.05) is 18.5 Å². The normalized spacial score (nSPS) is 11.7. The van der Waals surface area contributed by atoms with Gasteiger partial charge in [0.25, 0.3) is 5.56 Å². The minimum absolute atomic E-state index is 0.0338. The summed E-state index contributed by atoms with van der Waals surface area (Å²) in [7, 11) is -5.41. The highest BCUT2D eigenvalue weighted by Gasteiger charge is 2.45. The first-order chi connectivity index (χ1) is 21.4. The molecular weight excluding hydrogens is 609 g/mol. The summed E-state index contributed by atoms with van der Waals surface area (Å²) in [4.78, 5) is 27.1. The molecule has 0 radical (unpaired) electrons. The molecule has 14 heteroatoms. The highest BCUT2D eigenvalue weighted by molar-refractivity contribution is 7.90. The van der Waals surface area contributed by atoms with Crippen molar-refractivity contribution < 1.29 is 26.3 Å². The van der Waals surface area contributed by atoms with Crippen molar-refractivity contribution in [3.05, 3.63) is 99.5 Å². The van der Waals surface area contributed by atoms with Gasteiger partial charge >= 0.3 is 15.5 Å². The predicted molar refractivity (Wildman–Crippen MR) is 161 cm³/mol. The van der Waals surface area contributed by atoms with Crippen molar-refractivity contribution in [2.24, 2.45) is 0 Å². The zero-order valence-electron chi connectivity index (χ0n) is 24.6. The van der Waals surface area contributed by atoms with E-state index in [0.717, 1.165) is 29.5 Å². The van der Waals surface area contributed by atoms with Gasteiger partial charge in [-0.15, -0.1) is 0 Å². The lowest BCUT2D eigenvalue weighted by Crippen LogP contribution is -2.37. The van der Waals surface area contributed by atoms with Crippen molar-refractivity contribution in [2.45, 2.75) is 51.5 Å². The number of sulfonamides is 1. The number of unbranched alkanes of at least 4 members (excludes halogenated alkanes) is 1. The Morgan fingerprint density at radius 2 is 1.73 bits per heavy atom. The smallest absolute Gasteiger partial charge is 0.490 e. The molecule has 0 amide bonds. The zero-order valence-corrected chi connectivity index (χ0v) is 25.5. The van der Waals surface area contributed by atoms with Crippen LogP contribution in [0.5, 0.6) is 5.75 Å². The summed E-state index contributed by atoms with van der Waals surface area (Å²) in [5.74, 6) is 0.667. The van der Waals surface area contributed by atoms with Crippen LogP contribution in [0.2, 0.25) is 0 Å². The third-order valence-corrected chi connectivity index (χ3v) is 8.09. The molecule has 0 aliphatic carbocycles. The van der Waals surface area contributed by atoms with E-state index in [1.807, 2.05) is 42.5 Å². The van der Waals surface area contributed by atoms with E-state index >= 15 is 0 Å². The lowest BCUT2D eigenvalue weighted by Gasteiger charge is -2.15. The largest absolute Gasteiger partial charge is 0.511 e. The van der Waals surface area contributed by atoms with Crippen LogP contribution >= 0.6 is 0 Å². The number of hydrogen-bond acceptors (Lipinski definition) is 8. The number of aryl methyl sites for hydroxylation is 2. The first-order valence-electron chi connectivity index (χ1n) is 14.2. The summed E-state index contributed by atoms with van der Waals surface area (Å²) in [6.07, 6.45) is 5.33. The summed E-state index contributed by atoms with van der Waals surface area (Å²) >= 11 is 0. The molecule has 0 aliphatic heterocycles. The molecule has 0 saturated carbocycles. The number of benzene rings is 2. The quantitative estimate of drug-likeness (QED) is 0.201. The molecule has 0 unspecified atom stereocenters. The van der Waals surface area contributed by atoms with E-state index in [9.17, 15) is 31.6 Å². The number of halogens is 3. The maximum atomic E-state index is 13.9. The second-order valence-electron chi connectivity index (χ2n) is 10.1. The van der Waals surface area contributed by atoms with Crippen molar-refractivity contribution in [3.8, 4) is 28.9 Å². The van der Waals surface area contributed by atoms with Gasteiger partial charge in [-0.05, 0) is 48.9 Å². The van der Waals surface area contributed by atoms with E-state index in [4.69, 9.17) is 9.72 Å². The topological polar surface area (TPSA) is 140 Å². The van der Waals surface area contributed by atoms with Crippen LogP contribution in [0.3, 0.4) is 0 Å². The summed E-state index contributed by atoms with van der Waals surface area (Å²) in [6.45, 7) is 3.19. The number of alkyl halides is 3. The Kier molecular flexibility index (Phi) is 10.7. The summed E-state index contributed by atoms with van der Waals surface area (Å²) < 4.78 is 67.6. The zero-order chi connectivity index (χ0) is 32.6. The van der Waals surface area contributed by atoms with Gasteiger partial charge in [-0.1, -0.05) is 55.8 Å². The molecule has 0 spiro atoms. The average molecular weight is 641 g/mol. The van der Waals surface area contributed by atoms with Gasteiger partial charge in [0.15, 0.2) is 5.75 Å². The molecular formula is C31H31F3N6O4S. The first kappa shape index (κ1) is 33.3. The highest BCUT2D eigenvalue weighted by Crippen LogP contribution is 2.25. The van der Waals surface area contributed by atoms with Gasteiger partial charge in [0.2, 0.25) is 5.95 Å². The van der Waals surface area contributed by atoms with Crippen LogP contribution in [0.25, 0.3) is 17.1 Å². The number of rotatable bonds is 13. The molecule has 4 rings (SSSR count). The number of hydrogen-bond donors (Lipinski definition) is 1. The first-order valence-corrected chi connectivity index (χ1v) is 15.6. The van der Waals surface area contributed by atoms with Crippen LogP contribution in [0, 0.1) is 18.3 Å². The number of nitrogens with one attached hydrogen (secondary N) is 1. The summed E-state index contributed by atoms with van der Waals surface area (Å²) in [5.41, 5.74) is -1.29. The molecule has 0 fully saturated rings. The van der Waals surface area contributed by atoms with Crippen molar-refractivity contribution >= 4 is 10.0 Å². The minimum Gasteiger partial charge on any atom is -0.490 e. The summed E-state index contributed by atoms with van der Waals surface area (Å²) in [5, 5.41) is 9.46. The van der Waals surface area contributed by atoms with Gasteiger partial charge in [0.05, 0.1) is 36.3 Å². The Bertz CT molecular complexity index is 1840. The van der Waals surface area contributed by atoms with E-state index in [1.54, 1.807) is 13.0 Å². The number of ether oxygens (including phenoxy) is 1. The number of aromatic nitrogens is 4. The molecule has 2 aromatic carbocycles. The lowest BCUT2D eigenvalue weighted by atomic mass is 9.97. The molecule has 0 aliphatic rings. The van der Waals surface area contributed by atoms with Crippen LogP contribution < -0.4 is 15.0 Å².